The first-order valence-electron chi connectivity index (χ1n) is 12.9. The Morgan fingerprint density at radius 1 is 1.00 bits per heavy atom. The van der Waals surface area contributed by atoms with E-state index in [1.165, 1.54) is 12.1 Å². The SMILES string of the molecule is CCCC(=O)CCc1ccc(N2C(=O)[C@H](CC[C@H](O)c3ccc(F)cc3)[C@H]2c2ccc(OC)cc2)cc1. The van der Waals surface area contributed by atoms with Crippen molar-refractivity contribution in [1.29, 1.82) is 0 Å². The minimum Gasteiger partial charge on any atom is -0.497 e. The molecule has 0 unspecified atom stereocenters. The number of carbonyl (C=O) groups is 2. The number of hydrogen-bond acceptors (Lipinski definition) is 4. The lowest BCUT2D eigenvalue weighted by Crippen LogP contribution is -2.55. The Labute approximate surface area is 217 Å². The van der Waals surface area contributed by atoms with E-state index in [0.717, 1.165) is 29.0 Å². The highest BCUT2D eigenvalue weighted by atomic mass is 19.1. The summed E-state index contributed by atoms with van der Waals surface area (Å²) in [5.41, 5.74) is 3.51. The van der Waals surface area contributed by atoms with E-state index in [1.54, 1.807) is 19.2 Å². The van der Waals surface area contributed by atoms with Gasteiger partial charge >= 0.3 is 0 Å². The molecule has 0 aliphatic carbocycles. The highest BCUT2D eigenvalue weighted by Crippen LogP contribution is 2.46. The average Bonchev–Trinajstić information content (AvgIpc) is 2.91. The lowest BCUT2D eigenvalue weighted by molar-refractivity contribution is -0.131. The van der Waals surface area contributed by atoms with E-state index in [-0.39, 0.29) is 29.5 Å². The van der Waals surface area contributed by atoms with Crippen molar-refractivity contribution in [3.63, 3.8) is 0 Å². The van der Waals surface area contributed by atoms with E-state index >= 15 is 0 Å². The van der Waals surface area contributed by atoms with Gasteiger partial charge in [-0.05, 0) is 78.8 Å². The maximum atomic E-state index is 13.4. The zero-order valence-corrected chi connectivity index (χ0v) is 21.4. The number of benzene rings is 3. The Morgan fingerprint density at radius 2 is 1.68 bits per heavy atom. The molecule has 1 aliphatic heterocycles. The van der Waals surface area contributed by atoms with Crippen molar-refractivity contribution in [2.75, 3.05) is 12.0 Å². The lowest BCUT2D eigenvalue weighted by Gasteiger charge is -2.48. The third-order valence-corrected chi connectivity index (χ3v) is 7.11. The molecule has 1 N–H and O–H groups in total. The van der Waals surface area contributed by atoms with Crippen molar-refractivity contribution >= 4 is 17.4 Å². The zero-order valence-electron chi connectivity index (χ0n) is 21.4. The van der Waals surface area contributed by atoms with Crippen LogP contribution in [0, 0.1) is 11.7 Å². The topological polar surface area (TPSA) is 66.8 Å². The number of nitrogens with zero attached hydrogens (tertiary/aromatic N) is 1. The van der Waals surface area contributed by atoms with Gasteiger partial charge in [0.05, 0.1) is 25.2 Å². The number of ketones is 1. The molecule has 0 bridgehead atoms. The summed E-state index contributed by atoms with van der Waals surface area (Å²) >= 11 is 0. The van der Waals surface area contributed by atoms with Crippen LogP contribution in [0.5, 0.6) is 5.75 Å². The second-order valence-electron chi connectivity index (χ2n) is 9.63. The Hall–Kier alpha value is -3.51. The molecule has 3 atom stereocenters. The first-order valence-corrected chi connectivity index (χ1v) is 12.9. The number of aryl methyl sites for hydroxylation is 1. The Bertz CT molecular complexity index is 1190. The van der Waals surface area contributed by atoms with Crippen LogP contribution in [0.1, 0.15) is 67.9 Å². The van der Waals surface area contributed by atoms with Gasteiger partial charge in [0.2, 0.25) is 5.91 Å². The van der Waals surface area contributed by atoms with Crippen molar-refractivity contribution < 1.29 is 23.8 Å². The molecule has 6 heteroatoms. The fraction of sp³-hybridized carbons (Fsp3) is 0.355. The number of aliphatic hydroxyl groups is 1. The third-order valence-electron chi connectivity index (χ3n) is 7.11. The van der Waals surface area contributed by atoms with E-state index in [2.05, 4.69) is 0 Å². The van der Waals surface area contributed by atoms with Gasteiger partial charge in [0.1, 0.15) is 17.3 Å². The first-order chi connectivity index (χ1) is 17.9. The summed E-state index contributed by atoms with van der Waals surface area (Å²) in [5, 5.41) is 10.6. The standard InChI is InChI=1S/C31H34FNO4/c1-3-4-26(34)16-7-21-5-14-25(15-6-21)33-30(23-10-17-27(37-2)18-11-23)28(31(33)36)19-20-29(35)22-8-12-24(32)13-9-22/h5-6,8-15,17-18,28-30,35H,3-4,7,16,19-20H2,1-2H3/t28-,29+,30-/m1/s1. The lowest BCUT2D eigenvalue weighted by atomic mass is 9.78. The van der Waals surface area contributed by atoms with Gasteiger partial charge < -0.3 is 14.7 Å². The van der Waals surface area contributed by atoms with Crippen LogP contribution in [0.25, 0.3) is 0 Å². The molecule has 1 amide bonds. The summed E-state index contributed by atoms with van der Waals surface area (Å²) in [6.07, 6.45) is 2.83. The van der Waals surface area contributed by atoms with Gasteiger partial charge in [-0.2, -0.15) is 0 Å². The van der Waals surface area contributed by atoms with Crippen molar-refractivity contribution in [3.05, 3.63) is 95.3 Å². The number of halogens is 1. The monoisotopic (exact) mass is 503 g/mol. The maximum Gasteiger partial charge on any atom is 0.233 e. The Morgan fingerprint density at radius 3 is 2.30 bits per heavy atom. The van der Waals surface area contributed by atoms with Crippen molar-refractivity contribution in [1.82, 2.24) is 0 Å². The van der Waals surface area contributed by atoms with Crippen LogP contribution in [0.2, 0.25) is 0 Å². The quantitative estimate of drug-likeness (QED) is 0.292. The van der Waals surface area contributed by atoms with Gasteiger partial charge in [-0.3, -0.25) is 9.59 Å². The molecule has 1 saturated heterocycles. The molecule has 0 spiro atoms. The minimum atomic E-state index is -0.770. The van der Waals surface area contributed by atoms with Crippen LogP contribution >= 0.6 is 0 Å². The third kappa shape index (κ3) is 6.25. The summed E-state index contributed by atoms with van der Waals surface area (Å²) in [6.45, 7) is 2.01. The summed E-state index contributed by atoms with van der Waals surface area (Å²) in [6, 6.07) is 21.2. The second kappa shape index (κ2) is 12.2. The number of ether oxygens (including phenoxy) is 1. The number of Topliss-reactive ketones (excluding diaryl/α,β-unsaturated/α-hetero) is 1. The number of methoxy groups -OCH3 is 1. The van der Waals surface area contributed by atoms with Gasteiger partial charge in [-0.1, -0.05) is 43.3 Å². The molecule has 194 valence electrons. The summed E-state index contributed by atoms with van der Waals surface area (Å²) in [7, 11) is 1.62. The van der Waals surface area contributed by atoms with Crippen LogP contribution in [0.4, 0.5) is 10.1 Å². The van der Waals surface area contributed by atoms with Gasteiger partial charge in [-0.25, -0.2) is 4.39 Å². The van der Waals surface area contributed by atoms with Crippen LogP contribution < -0.4 is 9.64 Å². The fourth-order valence-electron chi connectivity index (χ4n) is 5.00. The van der Waals surface area contributed by atoms with Gasteiger partial charge in [0.25, 0.3) is 0 Å². The van der Waals surface area contributed by atoms with Gasteiger partial charge in [-0.15, -0.1) is 0 Å². The number of hydrogen-bond donors (Lipinski definition) is 1. The van der Waals surface area contributed by atoms with Crippen LogP contribution in [-0.2, 0) is 16.0 Å². The molecule has 1 fully saturated rings. The van der Waals surface area contributed by atoms with Gasteiger partial charge in [0.15, 0.2) is 0 Å². The number of rotatable bonds is 12. The Kier molecular flexibility index (Phi) is 8.72. The summed E-state index contributed by atoms with van der Waals surface area (Å²) in [5.74, 6) is 0.396. The predicted octanol–water partition coefficient (Wildman–Crippen LogP) is 6.35. The second-order valence-corrected chi connectivity index (χ2v) is 9.63. The molecule has 0 aromatic heterocycles. The van der Waals surface area contributed by atoms with E-state index in [9.17, 15) is 19.1 Å². The number of anilines is 1. The molecule has 3 aromatic carbocycles. The summed E-state index contributed by atoms with van der Waals surface area (Å²) < 4.78 is 18.6. The predicted molar refractivity (Wildman–Crippen MR) is 142 cm³/mol. The zero-order chi connectivity index (χ0) is 26.4. The Balaban J connectivity index is 1.49. The number of β-lactam (4-membered cyclic amide) rings is 1. The largest absolute Gasteiger partial charge is 0.497 e. The smallest absolute Gasteiger partial charge is 0.233 e. The highest BCUT2D eigenvalue weighted by molar-refractivity contribution is 6.03. The van der Waals surface area contributed by atoms with Crippen LogP contribution in [0.3, 0.4) is 0 Å². The van der Waals surface area contributed by atoms with Crippen molar-refractivity contribution in [2.45, 2.75) is 57.6 Å². The molecule has 3 aromatic rings. The van der Waals surface area contributed by atoms with Crippen molar-refractivity contribution in [2.24, 2.45) is 5.92 Å². The first kappa shape index (κ1) is 26.6. The molecular formula is C31H34FNO4. The average molecular weight is 504 g/mol. The molecule has 1 aliphatic rings. The summed E-state index contributed by atoms with van der Waals surface area (Å²) in [4.78, 5) is 27.1. The van der Waals surface area contributed by atoms with Gasteiger partial charge in [0, 0.05) is 18.5 Å². The molecule has 0 radical (unpaired) electrons. The van der Waals surface area contributed by atoms with E-state index in [4.69, 9.17) is 4.74 Å². The minimum absolute atomic E-state index is 0.0120. The maximum absolute atomic E-state index is 13.4. The van der Waals surface area contributed by atoms with E-state index in [0.29, 0.717) is 37.7 Å². The molecule has 5 nitrogen and oxygen atoms in total. The van der Waals surface area contributed by atoms with Crippen LogP contribution in [0.15, 0.2) is 72.8 Å². The molecule has 1 heterocycles. The van der Waals surface area contributed by atoms with Crippen LogP contribution in [-0.4, -0.2) is 23.9 Å². The molecule has 4 rings (SSSR count). The normalized spacial score (nSPS) is 17.8. The fourth-order valence-corrected chi connectivity index (χ4v) is 5.00. The van der Waals surface area contributed by atoms with E-state index < -0.39 is 6.10 Å². The van der Waals surface area contributed by atoms with E-state index in [1.807, 2.05) is 60.4 Å². The molecular weight excluding hydrogens is 469 g/mol. The molecule has 37 heavy (non-hydrogen) atoms. The number of carbonyl (C=O) groups excluding carboxylic acids is 2. The highest BCUT2D eigenvalue weighted by Gasteiger charge is 2.48. The molecule has 0 saturated carbocycles. The number of amides is 1. The van der Waals surface area contributed by atoms with Crippen molar-refractivity contribution in [3.8, 4) is 5.75 Å². The number of aliphatic hydroxyl groups excluding tert-OH is 1.